The van der Waals surface area contributed by atoms with Crippen molar-refractivity contribution < 1.29 is 18.7 Å². The van der Waals surface area contributed by atoms with E-state index in [1.807, 2.05) is 35.2 Å². The molecule has 0 radical (unpaired) electrons. The highest BCUT2D eigenvalue weighted by Gasteiger charge is 2.59. The largest absolute Gasteiger partial charge is 0.387 e. The first-order valence-corrected chi connectivity index (χ1v) is 7.54. The van der Waals surface area contributed by atoms with E-state index >= 15 is 0 Å². The molecule has 1 amide bonds. The predicted octanol–water partition coefficient (Wildman–Crippen LogP) is 1.74. The average Bonchev–Trinajstić information content (AvgIpc) is 2.96. The topological polar surface area (TPSA) is 43.8 Å². The standard InChI is InChI=1S/C16H20F2N2O2/c17-16(18)7-9-20(14(22)10-21)12-15(16)6-8-19(11-15)13-4-2-1-3-5-13/h1-5,21H,6-12H2. The number of carbonyl (C=O) groups excluding carboxylic acids is 1. The Balaban J connectivity index is 1.82. The lowest BCUT2D eigenvalue weighted by molar-refractivity contribution is -0.170. The summed E-state index contributed by atoms with van der Waals surface area (Å²) >= 11 is 0. The van der Waals surface area contributed by atoms with Crippen molar-refractivity contribution in [2.75, 3.05) is 37.7 Å². The van der Waals surface area contributed by atoms with Gasteiger partial charge >= 0.3 is 0 Å². The maximum atomic E-state index is 14.6. The Morgan fingerprint density at radius 2 is 1.86 bits per heavy atom. The lowest BCUT2D eigenvalue weighted by Gasteiger charge is -2.45. The summed E-state index contributed by atoms with van der Waals surface area (Å²) in [6.07, 6.45) is 0.0193. The summed E-state index contributed by atoms with van der Waals surface area (Å²) in [5.74, 6) is -3.25. The van der Waals surface area contributed by atoms with Crippen molar-refractivity contribution in [3.63, 3.8) is 0 Å². The third-order valence-electron chi connectivity index (χ3n) is 4.93. The number of nitrogens with zero attached hydrogens (tertiary/aromatic N) is 2. The third kappa shape index (κ3) is 2.45. The van der Waals surface area contributed by atoms with Crippen molar-refractivity contribution in [1.29, 1.82) is 0 Å². The van der Waals surface area contributed by atoms with E-state index in [1.165, 1.54) is 4.90 Å². The average molecular weight is 310 g/mol. The molecule has 0 aromatic heterocycles. The van der Waals surface area contributed by atoms with Gasteiger partial charge in [-0.25, -0.2) is 8.78 Å². The summed E-state index contributed by atoms with van der Waals surface area (Å²) in [6.45, 7) is 0.201. The van der Waals surface area contributed by atoms with E-state index in [1.54, 1.807) is 0 Å². The van der Waals surface area contributed by atoms with Gasteiger partial charge in [-0.3, -0.25) is 4.79 Å². The molecule has 2 fully saturated rings. The van der Waals surface area contributed by atoms with Gasteiger partial charge in [0.15, 0.2) is 0 Å². The normalized spacial score (nSPS) is 27.4. The Kier molecular flexibility index (Phi) is 3.80. The van der Waals surface area contributed by atoms with Crippen molar-refractivity contribution in [3.05, 3.63) is 30.3 Å². The fourth-order valence-electron chi connectivity index (χ4n) is 3.57. The highest BCUT2D eigenvalue weighted by atomic mass is 19.3. The van der Waals surface area contributed by atoms with E-state index in [0.29, 0.717) is 13.0 Å². The van der Waals surface area contributed by atoms with Crippen LogP contribution in [0.15, 0.2) is 30.3 Å². The number of anilines is 1. The minimum Gasteiger partial charge on any atom is -0.387 e. The Bertz CT molecular complexity index is 552. The highest BCUT2D eigenvalue weighted by molar-refractivity contribution is 5.77. The molecular weight excluding hydrogens is 290 g/mol. The number of hydrogen-bond donors (Lipinski definition) is 1. The number of para-hydroxylation sites is 1. The Hall–Kier alpha value is -1.69. The molecule has 6 heteroatoms. The second kappa shape index (κ2) is 5.50. The number of benzene rings is 1. The zero-order valence-electron chi connectivity index (χ0n) is 12.3. The van der Waals surface area contributed by atoms with Crippen molar-refractivity contribution in [1.82, 2.24) is 4.90 Å². The number of amides is 1. The molecule has 1 atom stereocenters. The van der Waals surface area contributed by atoms with Gasteiger partial charge in [0.1, 0.15) is 6.61 Å². The van der Waals surface area contributed by atoms with E-state index in [0.717, 1.165) is 5.69 Å². The van der Waals surface area contributed by atoms with Crippen molar-refractivity contribution in [3.8, 4) is 0 Å². The first-order chi connectivity index (χ1) is 10.5. The summed E-state index contributed by atoms with van der Waals surface area (Å²) in [5, 5.41) is 8.99. The van der Waals surface area contributed by atoms with Gasteiger partial charge in [-0.15, -0.1) is 0 Å². The Morgan fingerprint density at radius 1 is 1.14 bits per heavy atom. The number of rotatable bonds is 2. The van der Waals surface area contributed by atoms with Crippen molar-refractivity contribution >= 4 is 11.6 Å². The van der Waals surface area contributed by atoms with Gasteiger partial charge in [-0.05, 0) is 18.6 Å². The summed E-state index contributed by atoms with van der Waals surface area (Å²) in [7, 11) is 0. The monoisotopic (exact) mass is 310 g/mol. The van der Waals surface area contributed by atoms with Crippen LogP contribution in [0.25, 0.3) is 0 Å². The van der Waals surface area contributed by atoms with Gasteiger partial charge in [-0.1, -0.05) is 18.2 Å². The van der Waals surface area contributed by atoms with Crippen LogP contribution in [0.3, 0.4) is 0 Å². The number of hydrogen-bond acceptors (Lipinski definition) is 3. The number of likely N-dealkylation sites (tertiary alicyclic amines) is 1. The lowest BCUT2D eigenvalue weighted by Crippen LogP contribution is -2.58. The van der Waals surface area contributed by atoms with Crippen LogP contribution in [0.1, 0.15) is 12.8 Å². The summed E-state index contributed by atoms with van der Waals surface area (Å²) in [4.78, 5) is 15.0. The molecule has 2 aliphatic rings. The van der Waals surface area contributed by atoms with Crippen LogP contribution in [0, 0.1) is 5.41 Å². The smallest absolute Gasteiger partial charge is 0.258 e. The molecule has 1 N–H and O–H groups in total. The SMILES string of the molecule is O=C(CO)N1CCC(F)(F)C2(CCN(c3ccccc3)C2)C1. The van der Waals surface area contributed by atoms with E-state index in [4.69, 9.17) is 5.11 Å². The van der Waals surface area contributed by atoms with Crippen LogP contribution >= 0.6 is 0 Å². The van der Waals surface area contributed by atoms with Gasteiger partial charge in [0.2, 0.25) is 5.91 Å². The zero-order valence-corrected chi connectivity index (χ0v) is 12.3. The summed E-state index contributed by atoms with van der Waals surface area (Å²) in [6, 6.07) is 9.50. The molecule has 4 nitrogen and oxygen atoms in total. The van der Waals surface area contributed by atoms with E-state index in [9.17, 15) is 13.6 Å². The fourth-order valence-corrected chi connectivity index (χ4v) is 3.57. The van der Waals surface area contributed by atoms with Crippen LogP contribution in [0.2, 0.25) is 0 Å². The van der Waals surface area contributed by atoms with Gasteiger partial charge in [-0.2, -0.15) is 0 Å². The summed E-state index contributed by atoms with van der Waals surface area (Å²) in [5.41, 5.74) is -0.285. The first kappa shape index (κ1) is 15.2. The van der Waals surface area contributed by atoms with Gasteiger partial charge in [0.25, 0.3) is 5.92 Å². The Morgan fingerprint density at radius 3 is 2.55 bits per heavy atom. The van der Waals surface area contributed by atoms with Crippen LogP contribution in [0.5, 0.6) is 0 Å². The molecule has 1 spiro atoms. The van der Waals surface area contributed by atoms with Crippen LogP contribution < -0.4 is 4.90 Å². The van der Waals surface area contributed by atoms with Crippen molar-refractivity contribution in [2.45, 2.75) is 18.8 Å². The zero-order chi connectivity index (χ0) is 15.8. The number of aliphatic hydroxyl groups is 1. The minimum absolute atomic E-state index is 0.0134. The van der Waals surface area contributed by atoms with E-state index in [2.05, 4.69) is 0 Å². The molecule has 22 heavy (non-hydrogen) atoms. The fraction of sp³-hybridized carbons (Fsp3) is 0.562. The van der Waals surface area contributed by atoms with Crippen LogP contribution in [-0.4, -0.2) is 54.6 Å². The van der Waals surface area contributed by atoms with Crippen LogP contribution in [0.4, 0.5) is 14.5 Å². The molecule has 0 saturated carbocycles. The third-order valence-corrected chi connectivity index (χ3v) is 4.93. The molecule has 2 saturated heterocycles. The first-order valence-electron chi connectivity index (χ1n) is 7.54. The second-order valence-corrected chi connectivity index (χ2v) is 6.22. The number of halogens is 2. The minimum atomic E-state index is -2.79. The molecule has 2 aliphatic heterocycles. The molecule has 2 heterocycles. The number of carbonyl (C=O) groups is 1. The van der Waals surface area contributed by atoms with E-state index in [-0.39, 0.29) is 26.1 Å². The highest BCUT2D eigenvalue weighted by Crippen LogP contribution is 2.50. The van der Waals surface area contributed by atoms with Gasteiger partial charge in [0, 0.05) is 38.3 Å². The molecule has 3 rings (SSSR count). The number of piperidine rings is 1. The number of alkyl halides is 2. The lowest BCUT2D eigenvalue weighted by atomic mass is 9.75. The molecule has 0 bridgehead atoms. The molecule has 120 valence electrons. The maximum Gasteiger partial charge on any atom is 0.258 e. The van der Waals surface area contributed by atoms with Gasteiger partial charge in [0.05, 0.1) is 5.41 Å². The van der Waals surface area contributed by atoms with Crippen LogP contribution in [-0.2, 0) is 4.79 Å². The molecule has 1 aromatic carbocycles. The second-order valence-electron chi connectivity index (χ2n) is 6.22. The van der Waals surface area contributed by atoms with Gasteiger partial charge < -0.3 is 14.9 Å². The van der Waals surface area contributed by atoms with Crippen molar-refractivity contribution in [2.24, 2.45) is 5.41 Å². The maximum absolute atomic E-state index is 14.6. The molecular formula is C16H20F2N2O2. The number of aliphatic hydroxyl groups excluding tert-OH is 1. The predicted molar refractivity (Wildman–Crippen MR) is 78.9 cm³/mol. The summed E-state index contributed by atoms with van der Waals surface area (Å²) < 4.78 is 29.1. The molecule has 0 aliphatic carbocycles. The molecule has 1 unspecified atom stereocenters. The quantitative estimate of drug-likeness (QED) is 0.905. The van der Waals surface area contributed by atoms with E-state index < -0.39 is 23.9 Å². The Labute approximate surface area is 128 Å². The molecule has 1 aromatic rings.